The molecule has 0 unspecified atom stereocenters. The van der Waals surface area contributed by atoms with E-state index in [0.29, 0.717) is 29.6 Å². The van der Waals surface area contributed by atoms with E-state index in [4.69, 9.17) is 4.74 Å². The number of carbonyl (C=O) groups is 2. The second-order valence-corrected chi connectivity index (χ2v) is 6.41. The second-order valence-electron chi connectivity index (χ2n) is 6.41. The zero-order valence-corrected chi connectivity index (χ0v) is 14.7. The first-order valence-corrected chi connectivity index (χ1v) is 8.73. The summed E-state index contributed by atoms with van der Waals surface area (Å²) in [5.74, 6) is -1.75. The molecule has 0 spiro atoms. The van der Waals surface area contributed by atoms with Crippen LogP contribution in [0, 0.1) is 5.92 Å². The van der Waals surface area contributed by atoms with Gasteiger partial charge < -0.3 is 15.2 Å². The van der Waals surface area contributed by atoms with Gasteiger partial charge in [-0.05, 0) is 25.5 Å². The number of fused-ring (bicyclic) bond motifs is 1. The van der Waals surface area contributed by atoms with Crippen molar-refractivity contribution in [3.8, 4) is 0 Å². The molecule has 0 radical (unpaired) electrons. The van der Waals surface area contributed by atoms with Gasteiger partial charge in [0.15, 0.2) is 5.69 Å². The summed E-state index contributed by atoms with van der Waals surface area (Å²) in [5.41, 5.74) is 1.71. The molecule has 1 aromatic carbocycles. The average molecular weight is 369 g/mol. The summed E-state index contributed by atoms with van der Waals surface area (Å²) in [6.07, 6.45) is 3.82. The molecular weight excluding hydrogens is 350 g/mol. The van der Waals surface area contributed by atoms with Crippen molar-refractivity contribution >= 4 is 28.5 Å². The molecule has 27 heavy (non-hydrogen) atoms. The van der Waals surface area contributed by atoms with Crippen LogP contribution in [-0.4, -0.2) is 43.6 Å². The Morgan fingerprint density at radius 3 is 3.04 bits per heavy atom. The van der Waals surface area contributed by atoms with Gasteiger partial charge in [0.2, 0.25) is 5.91 Å². The molecular formula is C18H19N5O4. The van der Waals surface area contributed by atoms with Gasteiger partial charge in [0.1, 0.15) is 0 Å². The number of aromatic nitrogens is 4. The highest BCUT2D eigenvalue weighted by atomic mass is 16.5. The Bertz CT molecular complexity index is 1010. The third kappa shape index (κ3) is 3.06. The fraction of sp³-hybridized carbons (Fsp3) is 0.333. The van der Waals surface area contributed by atoms with E-state index >= 15 is 0 Å². The Morgan fingerprint density at radius 2 is 2.30 bits per heavy atom. The first-order valence-electron chi connectivity index (χ1n) is 8.73. The molecule has 2 atom stereocenters. The largest absolute Gasteiger partial charge is 0.476 e. The third-order valence-electron chi connectivity index (χ3n) is 4.78. The minimum Gasteiger partial charge on any atom is -0.476 e. The highest BCUT2D eigenvalue weighted by molar-refractivity contribution is 6.10. The number of hydrogen-bond donors (Lipinski definition) is 3. The van der Waals surface area contributed by atoms with E-state index in [-0.39, 0.29) is 23.6 Å². The number of aromatic amines is 1. The van der Waals surface area contributed by atoms with E-state index in [1.54, 1.807) is 29.1 Å². The average Bonchev–Trinajstić information content (AvgIpc) is 3.39. The summed E-state index contributed by atoms with van der Waals surface area (Å²) in [7, 11) is 0. The van der Waals surface area contributed by atoms with Crippen LogP contribution in [0.15, 0.2) is 30.6 Å². The number of ether oxygens (including phenoxy) is 1. The molecule has 2 aromatic heterocycles. The lowest BCUT2D eigenvalue weighted by Crippen LogP contribution is -2.25. The van der Waals surface area contributed by atoms with Crippen molar-refractivity contribution in [3.05, 3.63) is 41.9 Å². The molecule has 1 amide bonds. The molecule has 9 heteroatoms. The molecule has 1 saturated heterocycles. The van der Waals surface area contributed by atoms with Crippen molar-refractivity contribution in [2.24, 2.45) is 5.92 Å². The van der Waals surface area contributed by atoms with Crippen LogP contribution in [0.5, 0.6) is 0 Å². The maximum atomic E-state index is 12.9. The normalized spacial score (nSPS) is 19.4. The van der Waals surface area contributed by atoms with Gasteiger partial charge in [0.05, 0.1) is 34.8 Å². The number of aromatic carboxylic acids is 1. The van der Waals surface area contributed by atoms with Gasteiger partial charge in [-0.1, -0.05) is 6.07 Å². The van der Waals surface area contributed by atoms with Crippen molar-refractivity contribution in [2.45, 2.75) is 26.0 Å². The summed E-state index contributed by atoms with van der Waals surface area (Å²) in [6, 6.07) is 5.11. The van der Waals surface area contributed by atoms with E-state index in [2.05, 4.69) is 20.6 Å². The van der Waals surface area contributed by atoms with E-state index in [1.165, 1.54) is 0 Å². The SMILES string of the molecule is CCn1cc([C@@H]2OCC[C@H]2C(=O)Nc2cccc3[nH]nc(C(=O)O)c23)cn1. The smallest absolute Gasteiger partial charge is 0.357 e. The highest BCUT2D eigenvalue weighted by Gasteiger charge is 2.36. The number of benzene rings is 1. The number of carboxylic acids is 1. The third-order valence-corrected chi connectivity index (χ3v) is 4.78. The van der Waals surface area contributed by atoms with Gasteiger partial charge in [0.25, 0.3) is 0 Å². The molecule has 9 nitrogen and oxygen atoms in total. The van der Waals surface area contributed by atoms with Crippen LogP contribution < -0.4 is 5.32 Å². The standard InChI is InChI=1S/C18H19N5O4/c1-2-23-9-10(8-19-23)16-11(6-7-27-16)17(24)20-12-4-3-5-13-14(12)15(18(25)26)22-21-13/h3-5,8-9,11,16H,2,6-7H2,1H3,(H,20,24)(H,21,22)(H,25,26)/t11-,16+/m1/s1. The van der Waals surface area contributed by atoms with Gasteiger partial charge in [0, 0.05) is 24.9 Å². The molecule has 140 valence electrons. The predicted octanol–water partition coefficient (Wildman–Crippen LogP) is 2.19. The number of aryl methyl sites for hydroxylation is 1. The van der Waals surface area contributed by atoms with E-state index in [0.717, 1.165) is 12.1 Å². The Balaban J connectivity index is 1.61. The van der Waals surface area contributed by atoms with Gasteiger partial charge in [-0.25, -0.2) is 4.79 Å². The summed E-state index contributed by atoms with van der Waals surface area (Å²) in [4.78, 5) is 24.3. The summed E-state index contributed by atoms with van der Waals surface area (Å²) >= 11 is 0. The molecule has 0 bridgehead atoms. The number of nitrogens with zero attached hydrogens (tertiary/aromatic N) is 3. The number of carboxylic acid groups (broad SMARTS) is 1. The molecule has 1 fully saturated rings. The van der Waals surface area contributed by atoms with Crippen molar-refractivity contribution in [1.82, 2.24) is 20.0 Å². The van der Waals surface area contributed by atoms with Crippen LogP contribution in [0.3, 0.4) is 0 Å². The zero-order chi connectivity index (χ0) is 19.0. The van der Waals surface area contributed by atoms with Crippen LogP contribution >= 0.6 is 0 Å². The van der Waals surface area contributed by atoms with E-state index in [9.17, 15) is 14.7 Å². The van der Waals surface area contributed by atoms with E-state index in [1.807, 2.05) is 13.1 Å². The molecule has 1 aliphatic rings. The van der Waals surface area contributed by atoms with Gasteiger partial charge in [-0.15, -0.1) is 0 Å². The van der Waals surface area contributed by atoms with Gasteiger partial charge in [-0.3, -0.25) is 14.6 Å². The number of H-pyrrole nitrogens is 1. The minimum atomic E-state index is -1.16. The minimum absolute atomic E-state index is 0.121. The van der Waals surface area contributed by atoms with Crippen molar-refractivity contribution in [1.29, 1.82) is 0 Å². The zero-order valence-electron chi connectivity index (χ0n) is 14.7. The van der Waals surface area contributed by atoms with Crippen LogP contribution in [0.25, 0.3) is 10.9 Å². The van der Waals surface area contributed by atoms with Gasteiger partial charge >= 0.3 is 5.97 Å². The maximum absolute atomic E-state index is 12.9. The predicted molar refractivity (Wildman–Crippen MR) is 96.4 cm³/mol. The highest BCUT2D eigenvalue weighted by Crippen LogP contribution is 2.36. The number of rotatable bonds is 5. The lowest BCUT2D eigenvalue weighted by Gasteiger charge is -2.17. The maximum Gasteiger partial charge on any atom is 0.357 e. The quantitative estimate of drug-likeness (QED) is 0.634. The number of carbonyl (C=O) groups excluding carboxylic acids is 1. The van der Waals surface area contributed by atoms with Crippen molar-refractivity contribution in [3.63, 3.8) is 0 Å². The Hall–Kier alpha value is -3.20. The van der Waals surface area contributed by atoms with Crippen LogP contribution in [0.2, 0.25) is 0 Å². The summed E-state index contributed by atoms with van der Waals surface area (Å²) < 4.78 is 7.56. The Labute approximate surface area is 154 Å². The van der Waals surface area contributed by atoms with Crippen molar-refractivity contribution in [2.75, 3.05) is 11.9 Å². The number of nitrogens with one attached hydrogen (secondary N) is 2. The Kier molecular flexibility index (Phi) is 4.36. The topological polar surface area (TPSA) is 122 Å². The Morgan fingerprint density at radius 1 is 1.44 bits per heavy atom. The molecule has 0 saturated carbocycles. The van der Waals surface area contributed by atoms with Crippen LogP contribution in [-0.2, 0) is 16.1 Å². The number of anilines is 1. The fourth-order valence-electron chi connectivity index (χ4n) is 3.44. The first kappa shape index (κ1) is 17.2. The lowest BCUT2D eigenvalue weighted by atomic mass is 9.96. The number of amides is 1. The molecule has 3 heterocycles. The molecule has 3 N–H and O–H groups in total. The fourth-order valence-corrected chi connectivity index (χ4v) is 3.44. The monoisotopic (exact) mass is 369 g/mol. The summed E-state index contributed by atoms with van der Waals surface area (Å²) in [6.45, 7) is 3.21. The molecule has 0 aliphatic carbocycles. The molecule has 4 rings (SSSR count). The lowest BCUT2D eigenvalue weighted by molar-refractivity contribution is -0.121. The van der Waals surface area contributed by atoms with E-state index < -0.39 is 5.97 Å². The van der Waals surface area contributed by atoms with Crippen LogP contribution in [0.1, 0.15) is 35.5 Å². The summed E-state index contributed by atoms with van der Waals surface area (Å²) in [5, 5.41) is 23.3. The number of hydrogen-bond acceptors (Lipinski definition) is 5. The van der Waals surface area contributed by atoms with Crippen molar-refractivity contribution < 1.29 is 19.4 Å². The first-order chi connectivity index (χ1) is 13.1. The molecule has 3 aromatic rings. The van der Waals surface area contributed by atoms with Crippen LogP contribution in [0.4, 0.5) is 5.69 Å². The van der Waals surface area contributed by atoms with Gasteiger partial charge in [-0.2, -0.15) is 10.2 Å². The molecule has 1 aliphatic heterocycles. The second kappa shape index (κ2) is 6.84.